The summed E-state index contributed by atoms with van der Waals surface area (Å²) in [5, 5.41) is 0. The van der Waals surface area contributed by atoms with Crippen LogP contribution >= 0.6 is 0 Å². The van der Waals surface area contributed by atoms with Crippen molar-refractivity contribution in [2.45, 2.75) is 13.3 Å². The number of aromatic nitrogens is 1. The molecule has 1 heterocycles. The number of nitrogens with zero attached hydrogens (tertiary/aromatic N) is 1. The molecule has 0 spiro atoms. The Morgan fingerprint density at radius 1 is 1.21 bits per heavy atom. The van der Waals surface area contributed by atoms with Gasteiger partial charge in [-0.3, -0.25) is 9.78 Å². The summed E-state index contributed by atoms with van der Waals surface area (Å²) in [7, 11) is 0. The van der Waals surface area contributed by atoms with E-state index in [-0.39, 0.29) is 0 Å². The van der Waals surface area contributed by atoms with Gasteiger partial charge in [-0.15, -0.1) is 0 Å². The Labute approximate surface area is 112 Å². The lowest BCUT2D eigenvalue weighted by Gasteiger charge is -2.11. The molecule has 1 aromatic carbocycles. The molecule has 19 heavy (non-hydrogen) atoms. The summed E-state index contributed by atoms with van der Waals surface area (Å²) in [5.41, 5.74) is 0.476. The zero-order valence-electron chi connectivity index (χ0n) is 10.7. The highest BCUT2D eigenvalue weighted by Gasteiger charge is 2.06. The molecule has 0 unspecified atom stereocenters. The van der Waals surface area contributed by atoms with E-state index in [1.807, 2.05) is 31.2 Å². The summed E-state index contributed by atoms with van der Waals surface area (Å²) in [4.78, 5) is 14.6. The van der Waals surface area contributed by atoms with Crippen LogP contribution in [0.4, 0.5) is 0 Å². The Kier molecular flexibility index (Phi) is 4.50. The Bertz CT molecular complexity index is 555. The molecule has 0 aliphatic rings. The molecule has 0 saturated heterocycles. The largest absolute Gasteiger partial charge is 0.490 e. The lowest BCUT2D eigenvalue weighted by atomic mass is 10.3. The molecule has 0 bridgehead atoms. The first kappa shape index (κ1) is 13.1. The van der Waals surface area contributed by atoms with Crippen molar-refractivity contribution in [2.75, 3.05) is 6.61 Å². The number of rotatable bonds is 6. The van der Waals surface area contributed by atoms with Crippen molar-refractivity contribution in [2.24, 2.45) is 0 Å². The number of hydrogen-bond acceptors (Lipinski definition) is 4. The van der Waals surface area contributed by atoms with Crippen LogP contribution in [0.25, 0.3) is 0 Å². The summed E-state index contributed by atoms with van der Waals surface area (Å²) in [5.74, 6) is 1.80. The van der Waals surface area contributed by atoms with Gasteiger partial charge in [0.2, 0.25) is 0 Å². The fourth-order valence-corrected chi connectivity index (χ4v) is 1.55. The highest BCUT2D eigenvalue weighted by molar-refractivity contribution is 5.74. The van der Waals surface area contributed by atoms with Crippen LogP contribution < -0.4 is 9.47 Å². The van der Waals surface area contributed by atoms with E-state index in [1.165, 1.54) is 6.20 Å². The van der Waals surface area contributed by atoms with Gasteiger partial charge in [-0.2, -0.15) is 0 Å². The fraction of sp³-hybridized carbons (Fsp3) is 0.200. The number of benzene rings is 1. The topological polar surface area (TPSA) is 48.4 Å². The van der Waals surface area contributed by atoms with Gasteiger partial charge in [0, 0.05) is 11.8 Å². The first-order valence-corrected chi connectivity index (χ1v) is 6.13. The number of aldehydes is 1. The van der Waals surface area contributed by atoms with E-state index in [0.29, 0.717) is 29.4 Å². The lowest BCUT2D eigenvalue weighted by Crippen LogP contribution is -1.97. The van der Waals surface area contributed by atoms with E-state index in [9.17, 15) is 4.79 Å². The maximum atomic E-state index is 10.7. The minimum atomic E-state index is 0.476. The number of carbonyl (C=O) groups excluding carboxylic acids is 1. The van der Waals surface area contributed by atoms with Gasteiger partial charge >= 0.3 is 0 Å². The van der Waals surface area contributed by atoms with Crippen molar-refractivity contribution in [3.63, 3.8) is 0 Å². The van der Waals surface area contributed by atoms with E-state index in [4.69, 9.17) is 9.47 Å². The van der Waals surface area contributed by atoms with Crippen molar-refractivity contribution in [1.29, 1.82) is 0 Å². The van der Waals surface area contributed by atoms with E-state index in [1.54, 1.807) is 12.3 Å². The Morgan fingerprint density at radius 3 is 2.74 bits per heavy atom. The summed E-state index contributed by atoms with van der Waals surface area (Å²) in [6.07, 6.45) is 4.71. The Hall–Kier alpha value is -2.36. The van der Waals surface area contributed by atoms with Crippen molar-refractivity contribution in [3.05, 3.63) is 48.3 Å². The summed E-state index contributed by atoms with van der Waals surface area (Å²) >= 11 is 0. The number of ether oxygens (including phenoxy) is 2. The van der Waals surface area contributed by atoms with Gasteiger partial charge in [0.1, 0.15) is 5.75 Å². The van der Waals surface area contributed by atoms with E-state index >= 15 is 0 Å². The number of hydrogen-bond donors (Lipinski definition) is 0. The van der Waals surface area contributed by atoms with Crippen molar-refractivity contribution in [3.8, 4) is 17.2 Å². The van der Waals surface area contributed by atoms with Crippen molar-refractivity contribution >= 4 is 6.29 Å². The standard InChI is InChI=1S/C15H15NO3/c1-2-7-18-14-5-3-4-6-15(14)19-13-8-12(11-17)9-16-10-13/h3-6,8-11H,2,7H2,1H3. The molecule has 2 aromatic rings. The molecule has 0 aliphatic carbocycles. The van der Waals surface area contributed by atoms with Crippen molar-refractivity contribution in [1.82, 2.24) is 4.98 Å². The number of para-hydroxylation sites is 2. The molecule has 0 saturated carbocycles. The zero-order valence-corrected chi connectivity index (χ0v) is 10.7. The third kappa shape index (κ3) is 3.55. The highest BCUT2D eigenvalue weighted by atomic mass is 16.5. The van der Waals surface area contributed by atoms with Crippen LogP contribution in [0.5, 0.6) is 17.2 Å². The third-order valence-electron chi connectivity index (χ3n) is 2.41. The molecule has 0 aliphatic heterocycles. The molecular weight excluding hydrogens is 242 g/mol. The number of carbonyl (C=O) groups is 1. The molecule has 4 heteroatoms. The molecule has 0 radical (unpaired) electrons. The molecule has 0 amide bonds. The van der Waals surface area contributed by atoms with Gasteiger partial charge in [0.25, 0.3) is 0 Å². The molecule has 2 rings (SSSR count). The summed E-state index contributed by atoms with van der Waals surface area (Å²) < 4.78 is 11.3. The molecule has 1 aromatic heterocycles. The van der Waals surface area contributed by atoms with Crippen LogP contribution in [0.3, 0.4) is 0 Å². The van der Waals surface area contributed by atoms with Gasteiger partial charge in [-0.05, 0) is 24.6 Å². The van der Waals surface area contributed by atoms with Gasteiger partial charge in [0.05, 0.1) is 12.8 Å². The second kappa shape index (κ2) is 6.54. The third-order valence-corrected chi connectivity index (χ3v) is 2.41. The summed E-state index contributed by atoms with van der Waals surface area (Å²) in [6.45, 7) is 2.67. The SMILES string of the molecule is CCCOc1ccccc1Oc1cncc(C=O)c1. The van der Waals surface area contributed by atoms with Crippen LogP contribution in [-0.2, 0) is 0 Å². The second-order valence-electron chi connectivity index (χ2n) is 3.97. The lowest BCUT2D eigenvalue weighted by molar-refractivity contribution is 0.112. The normalized spacial score (nSPS) is 9.95. The first-order chi connectivity index (χ1) is 9.33. The van der Waals surface area contributed by atoms with E-state index in [2.05, 4.69) is 4.98 Å². The maximum absolute atomic E-state index is 10.7. The van der Waals surface area contributed by atoms with Gasteiger partial charge in [-0.1, -0.05) is 19.1 Å². The average Bonchev–Trinajstić information content (AvgIpc) is 2.46. The fourth-order valence-electron chi connectivity index (χ4n) is 1.55. The predicted molar refractivity (Wildman–Crippen MR) is 71.9 cm³/mol. The smallest absolute Gasteiger partial charge is 0.169 e. The monoisotopic (exact) mass is 257 g/mol. The van der Waals surface area contributed by atoms with Crippen LogP contribution in [0.15, 0.2) is 42.7 Å². The minimum Gasteiger partial charge on any atom is -0.490 e. The predicted octanol–water partition coefficient (Wildman–Crippen LogP) is 3.48. The van der Waals surface area contributed by atoms with E-state index < -0.39 is 0 Å². The molecule has 98 valence electrons. The molecule has 0 N–H and O–H groups in total. The van der Waals surface area contributed by atoms with Gasteiger partial charge in [0.15, 0.2) is 17.8 Å². The summed E-state index contributed by atoms with van der Waals surface area (Å²) in [6, 6.07) is 9.06. The number of pyridine rings is 1. The van der Waals surface area contributed by atoms with Crippen LogP contribution in [0, 0.1) is 0 Å². The van der Waals surface area contributed by atoms with Gasteiger partial charge in [-0.25, -0.2) is 0 Å². The minimum absolute atomic E-state index is 0.476. The Balaban J connectivity index is 2.19. The average molecular weight is 257 g/mol. The molecule has 4 nitrogen and oxygen atoms in total. The highest BCUT2D eigenvalue weighted by Crippen LogP contribution is 2.31. The van der Waals surface area contributed by atoms with Gasteiger partial charge < -0.3 is 9.47 Å². The first-order valence-electron chi connectivity index (χ1n) is 6.13. The molecular formula is C15H15NO3. The second-order valence-corrected chi connectivity index (χ2v) is 3.97. The van der Waals surface area contributed by atoms with Crippen LogP contribution in [0.2, 0.25) is 0 Å². The van der Waals surface area contributed by atoms with E-state index in [0.717, 1.165) is 12.7 Å². The molecule has 0 fully saturated rings. The molecule has 0 atom stereocenters. The van der Waals surface area contributed by atoms with Crippen molar-refractivity contribution < 1.29 is 14.3 Å². The quantitative estimate of drug-likeness (QED) is 0.743. The Morgan fingerprint density at radius 2 is 2.00 bits per heavy atom. The van der Waals surface area contributed by atoms with Crippen LogP contribution in [0.1, 0.15) is 23.7 Å². The maximum Gasteiger partial charge on any atom is 0.169 e. The van der Waals surface area contributed by atoms with Crippen LogP contribution in [-0.4, -0.2) is 17.9 Å². The zero-order chi connectivity index (χ0) is 13.5.